The van der Waals surface area contributed by atoms with Crippen molar-refractivity contribution in [2.75, 3.05) is 5.75 Å². The van der Waals surface area contributed by atoms with Crippen LogP contribution in [0.5, 0.6) is 0 Å². The third-order valence-corrected chi connectivity index (χ3v) is 4.35. The molecule has 1 rings (SSSR count). The van der Waals surface area contributed by atoms with Crippen molar-refractivity contribution in [3.63, 3.8) is 0 Å². The van der Waals surface area contributed by atoms with E-state index in [-0.39, 0.29) is 11.9 Å². The lowest BCUT2D eigenvalue weighted by Crippen LogP contribution is -2.26. The van der Waals surface area contributed by atoms with Crippen LogP contribution < -0.4 is 0 Å². The maximum Gasteiger partial charge on any atom is 0.316 e. The average Bonchev–Trinajstić information content (AvgIpc) is 2.48. The molecule has 0 N–H and O–H groups in total. The lowest BCUT2D eigenvalue weighted by molar-refractivity contribution is -0.151. The van der Waals surface area contributed by atoms with Gasteiger partial charge in [0.1, 0.15) is 5.60 Å². The monoisotopic (exact) mass is 269 g/mol. The highest BCUT2D eigenvalue weighted by molar-refractivity contribution is 8.00. The number of esters is 1. The SMILES string of the molecule is CC(C)(C)OC(=O)CSC1CCCCCC1C#N. The summed E-state index contributed by atoms with van der Waals surface area (Å²) in [6.45, 7) is 5.62. The number of ether oxygens (including phenoxy) is 1. The maximum atomic E-state index is 11.7. The minimum atomic E-state index is -0.421. The van der Waals surface area contributed by atoms with Gasteiger partial charge in [-0.3, -0.25) is 4.79 Å². The van der Waals surface area contributed by atoms with Crippen molar-refractivity contribution in [3.05, 3.63) is 0 Å². The maximum absolute atomic E-state index is 11.7. The van der Waals surface area contributed by atoms with Gasteiger partial charge in [-0.05, 0) is 33.6 Å². The minimum absolute atomic E-state index is 0.0972. The number of carbonyl (C=O) groups is 1. The predicted molar refractivity (Wildman–Crippen MR) is 74.3 cm³/mol. The first kappa shape index (κ1) is 15.4. The Hall–Kier alpha value is -0.690. The Morgan fingerprint density at radius 1 is 1.33 bits per heavy atom. The van der Waals surface area contributed by atoms with Crippen LogP contribution in [0, 0.1) is 17.2 Å². The number of hydrogen-bond donors (Lipinski definition) is 0. The fraction of sp³-hybridized carbons (Fsp3) is 0.857. The van der Waals surface area contributed by atoms with Gasteiger partial charge in [-0.2, -0.15) is 5.26 Å². The molecular formula is C14H23NO2S. The molecule has 0 heterocycles. The summed E-state index contributed by atoms with van der Waals surface area (Å²) in [5, 5.41) is 9.45. The van der Waals surface area contributed by atoms with Gasteiger partial charge in [0.05, 0.1) is 17.7 Å². The van der Waals surface area contributed by atoms with Crippen molar-refractivity contribution >= 4 is 17.7 Å². The van der Waals surface area contributed by atoms with Crippen molar-refractivity contribution in [1.29, 1.82) is 5.26 Å². The molecule has 1 saturated carbocycles. The minimum Gasteiger partial charge on any atom is -0.459 e. The highest BCUT2D eigenvalue weighted by atomic mass is 32.2. The Morgan fingerprint density at radius 2 is 2.00 bits per heavy atom. The number of nitriles is 1. The molecule has 2 atom stereocenters. The molecule has 0 aromatic carbocycles. The second-order valence-electron chi connectivity index (χ2n) is 5.81. The summed E-state index contributed by atoms with van der Waals surface area (Å²) >= 11 is 1.60. The topological polar surface area (TPSA) is 50.1 Å². The number of carbonyl (C=O) groups excluding carboxylic acids is 1. The zero-order chi connectivity index (χ0) is 13.6. The Balaban J connectivity index is 2.41. The molecule has 1 aliphatic carbocycles. The Labute approximate surface area is 114 Å². The largest absolute Gasteiger partial charge is 0.459 e. The van der Waals surface area contributed by atoms with Gasteiger partial charge in [0, 0.05) is 5.25 Å². The molecule has 1 aliphatic rings. The Bertz CT molecular complexity index is 317. The highest BCUT2D eigenvalue weighted by Gasteiger charge is 2.25. The third-order valence-electron chi connectivity index (χ3n) is 2.95. The average molecular weight is 269 g/mol. The Morgan fingerprint density at radius 3 is 2.61 bits per heavy atom. The van der Waals surface area contributed by atoms with Gasteiger partial charge in [0.15, 0.2) is 0 Å². The van der Waals surface area contributed by atoms with Crippen LogP contribution in [-0.2, 0) is 9.53 Å². The molecule has 18 heavy (non-hydrogen) atoms. The van der Waals surface area contributed by atoms with E-state index in [0.29, 0.717) is 11.0 Å². The number of rotatable bonds is 3. The fourth-order valence-corrected chi connectivity index (χ4v) is 3.34. The predicted octanol–water partition coefficient (Wildman–Crippen LogP) is 3.53. The molecule has 2 unspecified atom stereocenters. The molecule has 0 amide bonds. The molecule has 0 aromatic rings. The quantitative estimate of drug-likeness (QED) is 0.581. The number of thioether (sulfide) groups is 1. The summed E-state index contributed by atoms with van der Waals surface area (Å²) in [7, 11) is 0. The van der Waals surface area contributed by atoms with E-state index < -0.39 is 5.60 Å². The van der Waals surface area contributed by atoms with Crippen LogP contribution in [0.1, 0.15) is 52.9 Å². The highest BCUT2D eigenvalue weighted by Crippen LogP contribution is 2.32. The summed E-state index contributed by atoms with van der Waals surface area (Å²) in [4.78, 5) is 11.7. The Kier molecular flexibility index (Phi) is 6.01. The molecular weight excluding hydrogens is 246 g/mol. The molecule has 0 aliphatic heterocycles. The lowest BCUT2D eigenvalue weighted by atomic mass is 10.0. The molecule has 0 aromatic heterocycles. The van der Waals surface area contributed by atoms with E-state index in [1.165, 1.54) is 12.8 Å². The van der Waals surface area contributed by atoms with Gasteiger partial charge in [-0.1, -0.05) is 19.3 Å². The summed E-state index contributed by atoms with van der Waals surface area (Å²) in [6.07, 6.45) is 5.54. The summed E-state index contributed by atoms with van der Waals surface area (Å²) < 4.78 is 5.29. The van der Waals surface area contributed by atoms with E-state index in [9.17, 15) is 4.79 Å². The normalized spacial score (nSPS) is 25.0. The first-order valence-corrected chi connectivity index (χ1v) is 7.70. The lowest BCUT2D eigenvalue weighted by Gasteiger charge is -2.22. The smallest absolute Gasteiger partial charge is 0.316 e. The van der Waals surface area contributed by atoms with Crippen LogP contribution >= 0.6 is 11.8 Å². The molecule has 4 heteroatoms. The van der Waals surface area contributed by atoms with E-state index in [1.807, 2.05) is 20.8 Å². The first-order valence-electron chi connectivity index (χ1n) is 6.65. The van der Waals surface area contributed by atoms with Gasteiger partial charge < -0.3 is 4.74 Å². The van der Waals surface area contributed by atoms with Crippen LogP contribution in [-0.4, -0.2) is 22.6 Å². The van der Waals surface area contributed by atoms with Crippen LogP contribution in [0.3, 0.4) is 0 Å². The molecule has 0 radical (unpaired) electrons. The van der Waals surface area contributed by atoms with Gasteiger partial charge in [-0.15, -0.1) is 11.8 Å². The van der Waals surface area contributed by atoms with Gasteiger partial charge in [-0.25, -0.2) is 0 Å². The van der Waals surface area contributed by atoms with Gasteiger partial charge in [0.2, 0.25) is 0 Å². The van der Waals surface area contributed by atoms with Crippen molar-refractivity contribution in [3.8, 4) is 6.07 Å². The molecule has 3 nitrogen and oxygen atoms in total. The van der Waals surface area contributed by atoms with Crippen LogP contribution in [0.4, 0.5) is 0 Å². The van der Waals surface area contributed by atoms with Crippen LogP contribution in [0.2, 0.25) is 0 Å². The van der Waals surface area contributed by atoms with E-state index in [0.717, 1.165) is 19.3 Å². The molecule has 0 spiro atoms. The van der Waals surface area contributed by atoms with Crippen molar-refractivity contribution in [1.82, 2.24) is 0 Å². The van der Waals surface area contributed by atoms with Crippen molar-refractivity contribution in [2.24, 2.45) is 5.92 Å². The van der Waals surface area contributed by atoms with Crippen LogP contribution in [0.25, 0.3) is 0 Å². The van der Waals surface area contributed by atoms with E-state index >= 15 is 0 Å². The van der Waals surface area contributed by atoms with Gasteiger partial charge >= 0.3 is 5.97 Å². The van der Waals surface area contributed by atoms with E-state index in [4.69, 9.17) is 10.00 Å². The third kappa shape index (κ3) is 5.77. The molecule has 0 saturated heterocycles. The number of nitrogens with zero attached hydrogens (tertiary/aromatic N) is 1. The summed E-state index contributed by atoms with van der Waals surface area (Å²) in [5.74, 6) is 0.286. The fourth-order valence-electron chi connectivity index (χ4n) is 2.17. The zero-order valence-corrected chi connectivity index (χ0v) is 12.4. The van der Waals surface area contributed by atoms with Crippen molar-refractivity contribution in [2.45, 2.75) is 63.7 Å². The standard InChI is InChI=1S/C14H23NO2S/c1-14(2,3)17-13(16)10-18-12-8-6-4-5-7-11(12)9-15/h11-12H,4-8,10H2,1-3H3. The van der Waals surface area contributed by atoms with E-state index in [1.54, 1.807) is 11.8 Å². The molecule has 1 fully saturated rings. The molecule has 0 bridgehead atoms. The number of hydrogen-bond acceptors (Lipinski definition) is 4. The van der Waals surface area contributed by atoms with Gasteiger partial charge in [0.25, 0.3) is 0 Å². The van der Waals surface area contributed by atoms with Crippen LogP contribution in [0.15, 0.2) is 0 Å². The summed E-state index contributed by atoms with van der Waals surface area (Å²) in [5.41, 5.74) is -0.421. The first-order chi connectivity index (χ1) is 8.42. The second-order valence-corrected chi connectivity index (χ2v) is 7.04. The molecule has 102 valence electrons. The van der Waals surface area contributed by atoms with E-state index in [2.05, 4.69) is 6.07 Å². The zero-order valence-electron chi connectivity index (χ0n) is 11.6. The van der Waals surface area contributed by atoms with Crippen molar-refractivity contribution < 1.29 is 9.53 Å². The summed E-state index contributed by atoms with van der Waals surface area (Å²) in [6, 6.07) is 2.39. The second kappa shape index (κ2) is 7.04.